The summed E-state index contributed by atoms with van der Waals surface area (Å²) in [6.07, 6.45) is 1.62. The van der Waals surface area contributed by atoms with Crippen LogP contribution in [-0.2, 0) is 11.8 Å². The summed E-state index contributed by atoms with van der Waals surface area (Å²) in [6, 6.07) is 11.5. The lowest BCUT2D eigenvalue weighted by atomic mass is 10.0. The normalized spacial score (nSPS) is 23.4. The third-order valence-electron chi connectivity index (χ3n) is 4.84. The van der Waals surface area contributed by atoms with Crippen molar-refractivity contribution in [2.45, 2.75) is 0 Å². The first kappa shape index (κ1) is 14.0. The van der Waals surface area contributed by atoms with Gasteiger partial charge >= 0.3 is 0 Å². The first-order chi connectivity index (χ1) is 11.1. The SMILES string of the molecule is Cn1nccc1C(=O)N1C[C@@H]2CN(c3ccccc3)C(=O)[C@@H]2C1. The molecular formula is C17H18N4O2. The maximum Gasteiger partial charge on any atom is 0.272 e. The van der Waals surface area contributed by atoms with E-state index in [1.807, 2.05) is 35.2 Å². The molecule has 0 bridgehead atoms. The molecule has 3 heterocycles. The Morgan fingerprint density at radius 1 is 1.13 bits per heavy atom. The molecule has 23 heavy (non-hydrogen) atoms. The maximum absolute atomic E-state index is 12.7. The summed E-state index contributed by atoms with van der Waals surface area (Å²) in [5.74, 6) is 0.201. The standard InChI is InChI=1S/C17H18N4O2/c1-19-15(7-8-18-19)17(23)20-9-12-10-21(16(22)14(12)11-20)13-5-3-2-4-6-13/h2-8,12,14H,9-11H2,1H3/t12-,14-/m1/s1. The molecule has 2 atom stereocenters. The average Bonchev–Trinajstić information content (AvgIpc) is 3.24. The largest absolute Gasteiger partial charge is 0.336 e. The van der Waals surface area contributed by atoms with E-state index >= 15 is 0 Å². The van der Waals surface area contributed by atoms with Crippen molar-refractivity contribution in [3.8, 4) is 0 Å². The summed E-state index contributed by atoms with van der Waals surface area (Å²) >= 11 is 0. The molecule has 2 aliphatic rings. The zero-order chi connectivity index (χ0) is 16.0. The topological polar surface area (TPSA) is 58.4 Å². The van der Waals surface area contributed by atoms with E-state index in [1.165, 1.54) is 0 Å². The molecule has 1 aromatic heterocycles. The van der Waals surface area contributed by atoms with E-state index in [2.05, 4.69) is 5.10 Å². The van der Waals surface area contributed by atoms with Gasteiger partial charge in [0.05, 0.1) is 5.92 Å². The third kappa shape index (κ3) is 2.21. The zero-order valence-electron chi connectivity index (χ0n) is 12.9. The summed E-state index contributed by atoms with van der Waals surface area (Å²) in [5.41, 5.74) is 1.51. The number of carbonyl (C=O) groups is 2. The number of likely N-dealkylation sites (tertiary alicyclic amines) is 1. The number of fused-ring (bicyclic) bond motifs is 1. The molecule has 2 aliphatic heterocycles. The highest BCUT2D eigenvalue weighted by atomic mass is 16.2. The van der Waals surface area contributed by atoms with E-state index in [1.54, 1.807) is 28.9 Å². The summed E-state index contributed by atoms with van der Waals surface area (Å²) in [7, 11) is 1.76. The summed E-state index contributed by atoms with van der Waals surface area (Å²) in [4.78, 5) is 28.9. The van der Waals surface area contributed by atoms with Crippen LogP contribution in [0.5, 0.6) is 0 Å². The van der Waals surface area contributed by atoms with Crippen LogP contribution < -0.4 is 4.90 Å². The van der Waals surface area contributed by atoms with Gasteiger partial charge in [-0.2, -0.15) is 5.10 Å². The van der Waals surface area contributed by atoms with E-state index in [0.29, 0.717) is 25.3 Å². The lowest BCUT2D eigenvalue weighted by Gasteiger charge is -2.22. The fraction of sp³-hybridized carbons (Fsp3) is 0.353. The van der Waals surface area contributed by atoms with Crippen molar-refractivity contribution >= 4 is 17.5 Å². The number of rotatable bonds is 2. The number of aromatic nitrogens is 2. The summed E-state index contributed by atoms with van der Waals surface area (Å²) in [6.45, 7) is 1.81. The first-order valence-electron chi connectivity index (χ1n) is 7.79. The van der Waals surface area contributed by atoms with E-state index in [-0.39, 0.29) is 23.7 Å². The highest BCUT2D eigenvalue weighted by Gasteiger charge is 2.48. The minimum absolute atomic E-state index is 0.0431. The molecule has 4 rings (SSSR count). The Labute approximate surface area is 134 Å². The van der Waals surface area contributed by atoms with E-state index in [4.69, 9.17) is 0 Å². The van der Waals surface area contributed by atoms with Crippen LogP contribution in [0.15, 0.2) is 42.6 Å². The minimum Gasteiger partial charge on any atom is -0.336 e. The van der Waals surface area contributed by atoms with Crippen molar-refractivity contribution in [1.29, 1.82) is 0 Å². The van der Waals surface area contributed by atoms with Crippen LogP contribution in [0, 0.1) is 11.8 Å². The Bertz CT molecular complexity index is 755. The van der Waals surface area contributed by atoms with Crippen molar-refractivity contribution < 1.29 is 9.59 Å². The Kier molecular flexibility index (Phi) is 3.18. The Balaban J connectivity index is 1.50. The van der Waals surface area contributed by atoms with Gasteiger partial charge in [0.15, 0.2) is 0 Å². The maximum atomic E-state index is 12.7. The molecule has 0 radical (unpaired) electrons. The molecule has 6 heteroatoms. The average molecular weight is 310 g/mol. The molecule has 0 N–H and O–H groups in total. The van der Waals surface area contributed by atoms with Crippen molar-refractivity contribution in [3.63, 3.8) is 0 Å². The molecular weight excluding hydrogens is 292 g/mol. The monoisotopic (exact) mass is 310 g/mol. The van der Waals surface area contributed by atoms with Gasteiger partial charge in [-0.1, -0.05) is 18.2 Å². The van der Waals surface area contributed by atoms with Crippen LogP contribution in [0.1, 0.15) is 10.5 Å². The van der Waals surface area contributed by atoms with E-state index in [0.717, 1.165) is 5.69 Å². The second-order valence-corrected chi connectivity index (χ2v) is 6.20. The van der Waals surface area contributed by atoms with Gasteiger partial charge in [0, 0.05) is 44.5 Å². The van der Waals surface area contributed by atoms with Gasteiger partial charge in [0.1, 0.15) is 5.69 Å². The quantitative estimate of drug-likeness (QED) is 0.836. The molecule has 0 aliphatic carbocycles. The molecule has 2 aromatic rings. The predicted molar refractivity (Wildman–Crippen MR) is 84.9 cm³/mol. The fourth-order valence-electron chi connectivity index (χ4n) is 3.61. The van der Waals surface area contributed by atoms with Crippen LogP contribution in [0.2, 0.25) is 0 Å². The summed E-state index contributed by atoms with van der Waals surface area (Å²) < 4.78 is 1.58. The van der Waals surface area contributed by atoms with Gasteiger partial charge in [-0.25, -0.2) is 0 Å². The Morgan fingerprint density at radius 2 is 1.91 bits per heavy atom. The number of amides is 2. The van der Waals surface area contributed by atoms with Gasteiger partial charge < -0.3 is 9.80 Å². The van der Waals surface area contributed by atoms with Crippen LogP contribution in [-0.4, -0.2) is 46.1 Å². The Morgan fingerprint density at radius 3 is 2.57 bits per heavy atom. The molecule has 118 valence electrons. The molecule has 0 spiro atoms. The molecule has 2 amide bonds. The van der Waals surface area contributed by atoms with Crippen molar-refractivity contribution in [2.75, 3.05) is 24.5 Å². The molecule has 2 saturated heterocycles. The van der Waals surface area contributed by atoms with Gasteiger partial charge in [-0.3, -0.25) is 14.3 Å². The van der Waals surface area contributed by atoms with Gasteiger partial charge in [-0.05, 0) is 18.2 Å². The number of para-hydroxylation sites is 1. The molecule has 0 saturated carbocycles. The fourth-order valence-corrected chi connectivity index (χ4v) is 3.61. The van der Waals surface area contributed by atoms with Gasteiger partial charge in [0.2, 0.25) is 5.91 Å². The number of aryl methyl sites for hydroxylation is 1. The number of nitrogens with zero attached hydrogens (tertiary/aromatic N) is 4. The lowest BCUT2D eigenvalue weighted by Crippen LogP contribution is -2.36. The molecule has 0 unspecified atom stereocenters. The minimum atomic E-state index is -0.0904. The second-order valence-electron chi connectivity index (χ2n) is 6.20. The van der Waals surface area contributed by atoms with Crippen LogP contribution in [0.4, 0.5) is 5.69 Å². The predicted octanol–water partition coefficient (Wildman–Crippen LogP) is 1.16. The summed E-state index contributed by atoms with van der Waals surface area (Å²) in [5, 5.41) is 4.04. The van der Waals surface area contributed by atoms with Gasteiger partial charge in [-0.15, -0.1) is 0 Å². The Hall–Kier alpha value is -2.63. The zero-order valence-corrected chi connectivity index (χ0v) is 12.9. The third-order valence-corrected chi connectivity index (χ3v) is 4.84. The number of hydrogen-bond acceptors (Lipinski definition) is 3. The molecule has 6 nitrogen and oxygen atoms in total. The van der Waals surface area contributed by atoms with Crippen molar-refractivity contribution in [1.82, 2.24) is 14.7 Å². The lowest BCUT2D eigenvalue weighted by molar-refractivity contribution is -0.120. The highest BCUT2D eigenvalue weighted by Crippen LogP contribution is 2.35. The van der Waals surface area contributed by atoms with Crippen LogP contribution >= 0.6 is 0 Å². The first-order valence-corrected chi connectivity index (χ1v) is 7.79. The highest BCUT2D eigenvalue weighted by molar-refractivity contribution is 5.99. The van der Waals surface area contributed by atoms with Crippen molar-refractivity contribution in [3.05, 3.63) is 48.3 Å². The number of carbonyl (C=O) groups excluding carboxylic acids is 2. The second kappa shape index (κ2) is 5.22. The number of benzene rings is 1. The van der Waals surface area contributed by atoms with E-state index < -0.39 is 0 Å². The van der Waals surface area contributed by atoms with E-state index in [9.17, 15) is 9.59 Å². The number of anilines is 1. The molecule has 1 aromatic carbocycles. The number of hydrogen-bond donors (Lipinski definition) is 0. The smallest absolute Gasteiger partial charge is 0.272 e. The van der Waals surface area contributed by atoms with Crippen LogP contribution in [0.25, 0.3) is 0 Å². The van der Waals surface area contributed by atoms with Crippen molar-refractivity contribution in [2.24, 2.45) is 18.9 Å². The van der Waals surface area contributed by atoms with Gasteiger partial charge in [0.25, 0.3) is 5.91 Å². The van der Waals surface area contributed by atoms with Crippen LogP contribution in [0.3, 0.4) is 0 Å². The molecule has 2 fully saturated rings.